The van der Waals surface area contributed by atoms with E-state index in [0.29, 0.717) is 0 Å². The quantitative estimate of drug-likeness (QED) is 0.842. The van der Waals surface area contributed by atoms with Crippen molar-refractivity contribution >= 4 is 15.7 Å². The lowest BCUT2D eigenvalue weighted by Gasteiger charge is -2.21. The van der Waals surface area contributed by atoms with E-state index < -0.39 is 15.8 Å². The van der Waals surface area contributed by atoms with Gasteiger partial charge in [-0.15, -0.1) is 0 Å². The van der Waals surface area contributed by atoms with E-state index in [9.17, 15) is 12.8 Å². The molecule has 0 radical (unpaired) electrons. The highest BCUT2D eigenvalue weighted by Gasteiger charge is 2.22. The first-order valence-electron chi connectivity index (χ1n) is 7.48. The fourth-order valence-corrected chi connectivity index (χ4v) is 4.20. The zero-order chi connectivity index (χ0) is 15.5. The zero-order valence-corrected chi connectivity index (χ0v) is 13.2. The number of benzene rings is 1. The summed E-state index contributed by atoms with van der Waals surface area (Å²) in [5.41, 5.74) is 5.64. The smallest absolute Gasteiger partial charge is 0.240 e. The fraction of sp³-hybridized carbons (Fsp3) is 0.600. The molecule has 1 aliphatic carbocycles. The molecule has 0 bridgehead atoms. The van der Waals surface area contributed by atoms with E-state index in [0.717, 1.165) is 38.5 Å². The highest BCUT2D eigenvalue weighted by molar-refractivity contribution is 7.89. The molecule has 118 valence electrons. The van der Waals surface area contributed by atoms with E-state index in [4.69, 9.17) is 5.73 Å². The molecule has 0 aromatic heterocycles. The van der Waals surface area contributed by atoms with Crippen molar-refractivity contribution in [2.24, 2.45) is 0 Å². The van der Waals surface area contributed by atoms with Gasteiger partial charge < -0.3 is 5.73 Å². The lowest BCUT2D eigenvalue weighted by Crippen LogP contribution is -2.35. The van der Waals surface area contributed by atoms with Crippen molar-refractivity contribution in [1.29, 1.82) is 0 Å². The van der Waals surface area contributed by atoms with Crippen LogP contribution in [0.1, 0.15) is 50.5 Å². The first-order chi connectivity index (χ1) is 9.90. The Morgan fingerprint density at radius 1 is 1.14 bits per heavy atom. The summed E-state index contributed by atoms with van der Waals surface area (Å²) in [6.07, 6.45) is 7.33. The minimum Gasteiger partial charge on any atom is -0.396 e. The van der Waals surface area contributed by atoms with Crippen LogP contribution < -0.4 is 10.5 Å². The molecule has 6 heteroatoms. The minimum atomic E-state index is -3.65. The summed E-state index contributed by atoms with van der Waals surface area (Å²) in [6, 6.07) is 2.48. The van der Waals surface area contributed by atoms with Crippen LogP contribution in [0.5, 0.6) is 0 Å². The molecule has 1 fully saturated rings. The van der Waals surface area contributed by atoms with E-state index in [1.807, 2.05) is 0 Å². The third-order valence-corrected chi connectivity index (χ3v) is 5.49. The lowest BCUT2D eigenvalue weighted by atomic mass is 9.97. The Kier molecular flexibility index (Phi) is 5.22. The van der Waals surface area contributed by atoms with Crippen LogP contribution in [-0.4, -0.2) is 14.5 Å². The van der Waals surface area contributed by atoms with Crippen molar-refractivity contribution in [3.8, 4) is 0 Å². The summed E-state index contributed by atoms with van der Waals surface area (Å²) in [5.74, 6) is -0.556. The molecule has 0 atom stereocenters. The maximum absolute atomic E-state index is 13.5. The number of anilines is 1. The van der Waals surface area contributed by atoms with Gasteiger partial charge >= 0.3 is 0 Å². The first-order valence-corrected chi connectivity index (χ1v) is 8.96. The van der Waals surface area contributed by atoms with E-state index in [2.05, 4.69) is 4.72 Å². The number of sulfonamides is 1. The van der Waals surface area contributed by atoms with Gasteiger partial charge in [-0.05, 0) is 37.5 Å². The molecule has 1 aliphatic rings. The van der Waals surface area contributed by atoms with Gasteiger partial charge in [0.05, 0.1) is 10.6 Å². The molecule has 3 N–H and O–H groups in total. The number of hydrogen-bond acceptors (Lipinski definition) is 3. The van der Waals surface area contributed by atoms with Crippen LogP contribution >= 0.6 is 0 Å². The molecule has 2 rings (SSSR count). The highest BCUT2D eigenvalue weighted by atomic mass is 32.2. The van der Waals surface area contributed by atoms with Crippen molar-refractivity contribution in [1.82, 2.24) is 4.72 Å². The molecular formula is C15H23FN2O2S. The number of hydrogen-bond donors (Lipinski definition) is 2. The highest BCUT2D eigenvalue weighted by Crippen LogP contribution is 2.23. The normalized spacial score (nSPS) is 18.2. The standard InChI is InChI=1S/C15H23FN2O2S/c1-11-9-13(10-14(17)15(11)16)21(19,20)18-12-7-5-3-2-4-6-8-12/h9-10,12,18H,2-8,17H2,1H3. The van der Waals surface area contributed by atoms with E-state index in [-0.39, 0.29) is 22.2 Å². The van der Waals surface area contributed by atoms with E-state index >= 15 is 0 Å². The molecule has 1 aromatic rings. The third-order valence-electron chi connectivity index (χ3n) is 3.99. The summed E-state index contributed by atoms with van der Waals surface area (Å²) in [5, 5.41) is 0. The summed E-state index contributed by atoms with van der Waals surface area (Å²) >= 11 is 0. The van der Waals surface area contributed by atoms with Gasteiger partial charge in [0.2, 0.25) is 10.0 Å². The van der Waals surface area contributed by atoms with Crippen molar-refractivity contribution in [3.05, 3.63) is 23.5 Å². The predicted octanol–water partition coefficient (Wildman–Crippen LogP) is 3.11. The molecule has 0 amide bonds. The minimum absolute atomic E-state index is 0.0399. The van der Waals surface area contributed by atoms with Crippen LogP contribution in [-0.2, 0) is 10.0 Å². The topological polar surface area (TPSA) is 72.2 Å². The molecule has 4 nitrogen and oxygen atoms in total. The number of nitrogens with two attached hydrogens (primary N) is 1. The second-order valence-electron chi connectivity index (χ2n) is 5.81. The van der Waals surface area contributed by atoms with Crippen molar-refractivity contribution in [2.45, 2.75) is 62.8 Å². The Bertz CT molecular complexity index is 571. The van der Waals surface area contributed by atoms with Crippen LogP contribution in [0.3, 0.4) is 0 Å². The Hall–Kier alpha value is -1.14. The Morgan fingerprint density at radius 2 is 1.71 bits per heavy atom. The van der Waals surface area contributed by atoms with E-state index in [1.54, 1.807) is 0 Å². The third kappa shape index (κ3) is 4.17. The van der Waals surface area contributed by atoms with Gasteiger partial charge in [0.15, 0.2) is 0 Å². The van der Waals surface area contributed by atoms with Crippen LogP contribution in [0.15, 0.2) is 17.0 Å². The largest absolute Gasteiger partial charge is 0.396 e. The van der Waals surface area contributed by atoms with Gasteiger partial charge in [-0.2, -0.15) is 0 Å². The average Bonchev–Trinajstić information content (AvgIpc) is 2.38. The fourth-order valence-electron chi connectivity index (χ4n) is 2.78. The van der Waals surface area contributed by atoms with Gasteiger partial charge in [0.1, 0.15) is 5.82 Å². The molecule has 0 saturated heterocycles. The van der Waals surface area contributed by atoms with Crippen molar-refractivity contribution in [3.63, 3.8) is 0 Å². The zero-order valence-electron chi connectivity index (χ0n) is 12.4. The number of rotatable bonds is 3. The van der Waals surface area contributed by atoms with Crippen molar-refractivity contribution in [2.75, 3.05) is 5.73 Å². The van der Waals surface area contributed by atoms with Gasteiger partial charge in [0, 0.05) is 6.04 Å². The van der Waals surface area contributed by atoms with E-state index in [1.165, 1.54) is 25.5 Å². The number of aryl methyl sites for hydroxylation is 1. The molecule has 0 unspecified atom stereocenters. The molecule has 1 aromatic carbocycles. The first kappa shape index (κ1) is 16.2. The van der Waals surface area contributed by atoms with Gasteiger partial charge in [-0.1, -0.05) is 32.1 Å². The van der Waals surface area contributed by atoms with Gasteiger partial charge in [0.25, 0.3) is 0 Å². The predicted molar refractivity (Wildman–Crippen MR) is 82.0 cm³/mol. The molecule has 0 spiro atoms. The number of halogens is 1. The molecule has 1 saturated carbocycles. The summed E-state index contributed by atoms with van der Waals surface area (Å²) in [6.45, 7) is 1.51. The second-order valence-corrected chi connectivity index (χ2v) is 7.52. The molecular weight excluding hydrogens is 291 g/mol. The van der Waals surface area contributed by atoms with Gasteiger partial charge in [-0.25, -0.2) is 17.5 Å². The maximum atomic E-state index is 13.5. The average molecular weight is 314 g/mol. The van der Waals surface area contributed by atoms with Gasteiger partial charge in [-0.3, -0.25) is 0 Å². The van der Waals surface area contributed by atoms with Crippen LogP contribution in [0, 0.1) is 12.7 Å². The Morgan fingerprint density at radius 3 is 2.29 bits per heavy atom. The summed E-state index contributed by atoms with van der Waals surface area (Å²) in [4.78, 5) is 0.0426. The van der Waals surface area contributed by atoms with Crippen molar-refractivity contribution < 1.29 is 12.8 Å². The maximum Gasteiger partial charge on any atom is 0.240 e. The summed E-state index contributed by atoms with van der Waals surface area (Å²) in [7, 11) is -3.65. The van der Waals surface area contributed by atoms with Crippen LogP contribution in [0.25, 0.3) is 0 Å². The molecule has 0 heterocycles. The van der Waals surface area contributed by atoms with Crippen LogP contribution in [0.4, 0.5) is 10.1 Å². The Labute approximate surface area is 126 Å². The van der Waals surface area contributed by atoms with Crippen LogP contribution in [0.2, 0.25) is 0 Å². The number of nitrogen functional groups attached to an aromatic ring is 1. The lowest BCUT2D eigenvalue weighted by molar-refractivity contribution is 0.426. The monoisotopic (exact) mass is 314 g/mol. The molecule has 0 aliphatic heterocycles. The Balaban J connectivity index is 2.17. The SMILES string of the molecule is Cc1cc(S(=O)(=O)NC2CCCCCCC2)cc(N)c1F. The number of nitrogens with one attached hydrogen (secondary N) is 1. The summed E-state index contributed by atoms with van der Waals surface area (Å²) < 4.78 is 41.1. The second kappa shape index (κ2) is 6.75. The molecule has 21 heavy (non-hydrogen) atoms.